The van der Waals surface area contributed by atoms with Crippen LogP contribution in [0, 0.1) is 6.92 Å². The first-order valence-electron chi connectivity index (χ1n) is 8.93. The zero-order chi connectivity index (χ0) is 18.4. The molecule has 1 fully saturated rings. The number of piperidine rings is 1. The lowest BCUT2D eigenvalue weighted by Crippen LogP contribution is -2.36. The fraction of sp³-hybridized carbons (Fsp3) is 0.421. The molecule has 7 heteroatoms. The average Bonchev–Trinajstić information content (AvgIpc) is 3.12. The van der Waals surface area contributed by atoms with Crippen molar-refractivity contribution in [1.29, 1.82) is 0 Å². The molecule has 0 saturated carbocycles. The van der Waals surface area contributed by atoms with E-state index in [0.717, 1.165) is 29.3 Å². The van der Waals surface area contributed by atoms with Crippen molar-refractivity contribution >= 4 is 29.0 Å². The smallest absolute Gasteiger partial charge is 0.261 e. The highest BCUT2D eigenvalue weighted by Gasteiger charge is 2.12. The van der Waals surface area contributed by atoms with Crippen molar-refractivity contribution in [2.24, 2.45) is 0 Å². The molecule has 3 rings (SSSR count). The number of hydrogen-bond donors (Lipinski definition) is 2. The van der Waals surface area contributed by atoms with E-state index in [9.17, 15) is 9.59 Å². The van der Waals surface area contributed by atoms with Gasteiger partial charge in [-0.3, -0.25) is 9.59 Å². The van der Waals surface area contributed by atoms with Gasteiger partial charge in [-0.05, 0) is 49.9 Å². The highest BCUT2D eigenvalue weighted by molar-refractivity contribution is 7.13. The number of hydrogen-bond acceptors (Lipinski definition) is 5. The molecule has 1 saturated heterocycles. The van der Waals surface area contributed by atoms with Crippen molar-refractivity contribution in [3.05, 3.63) is 45.8 Å². The number of carbonyl (C=O) groups is 2. The van der Waals surface area contributed by atoms with Crippen LogP contribution in [0.3, 0.4) is 0 Å². The van der Waals surface area contributed by atoms with Crippen LogP contribution in [-0.4, -0.2) is 36.4 Å². The van der Waals surface area contributed by atoms with Gasteiger partial charge in [0, 0.05) is 30.7 Å². The third-order valence-corrected chi connectivity index (χ3v) is 5.35. The molecule has 138 valence electrons. The van der Waals surface area contributed by atoms with Gasteiger partial charge < -0.3 is 15.5 Å². The first-order chi connectivity index (χ1) is 12.6. The molecule has 0 atom stereocenters. The van der Waals surface area contributed by atoms with Crippen LogP contribution in [0.5, 0.6) is 0 Å². The van der Waals surface area contributed by atoms with Gasteiger partial charge in [0.15, 0.2) is 0 Å². The van der Waals surface area contributed by atoms with Crippen molar-refractivity contribution < 1.29 is 9.59 Å². The minimum Gasteiger partial charge on any atom is -0.357 e. The fourth-order valence-corrected chi connectivity index (χ4v) is 3.68. The van der Waals surface area contributed by atoms with Crippen molar-refractivity contribution in [1.82, 2.24) is 15.6 Å². The highest BCUT2D eigenvalue weighted by Crippen LogP contribution is 2.17. The van der Waals surface area contributed by atoms with Gasteiger partial charge in [-0.2, -0.15) is 0 Å². The van der Waals surface area contributed by atoms with Gasteiger partial charge in [-0.25, -0.2) is 4.98 Å². The van der Waals surface area contributed by atoms with Gasteiger partial charge in [0.05, 0.1) is 11.4 Å². The van der Waals surface area contributed by atoms with Crippen molar-refractivity contribution in [2.45, 2.75) is 32.7 Å². The second-order valence-corrected chi connectivity index (χ2v) is 7.73. The molecule has 2 aromatic rings. The van der Waals surface area contributed by atoms with Gasteiger partial charge in [0.25, 0.3) is 5.91 Å². The number of nitrogens with zero attached hydrogens (tertiary/aromatic N) is 2. The lowest BCUT2D eigenvalue weighted by molar-refractivity contribution is -0.120. The third-order valence-electron chi connectivity index (χ3n) is 4.35. The number of amides is 2. The Labute approximate surface area is 157 Å². The molecule has 0 bridgehead atoms. The molecule has 6 nitrogen and oxygen atoms in total. The summed E-state index contributed by atoms with van der Waals surface area (Å²) in [4.78, 5) is 32.3. The zero-order valence-electron chi connectivity index (χ0n) is 15.0. The average molecular weight is 372 g/mol. The van der Waals surface area contributed by atoms with E-state index in [0.29, 0.717) is 11.4 Å². The Balaban J connectivity index is 1.41. The molecule has 1 aliphatic rings. The molecule has 0 aromatic carbocycles. The Bertz CT molecular complexity index is 751. The minimum absolute atomic E-state index is 0.0327. The molecule has 2 N–H and O–H groups in total. The van der Waals surface area contributed by atoms with E-state index in [1.807, 2.05) is 25.1 Å². The SMILES string of the molecule is Cc1ccc(C(=O)NCC(=O)NCc2ccc(N3CCCCC3)nc2)s1. The molecule has 2 aromatic heterocycles. The standard InChI is InChI=1S/C19H24N4O2S/c1-14-5-7-16(26-14)19(25)22-13-18(24)21-12-15-6-8-17(20-11-15)23-9-3-2-4-10-23/h5-8,11H,2-4,9-10,12-13H2,1H3,(H,21,24)(H,22,25). The number of carbonyl (C=O) groups excluding carboxylic acids is 2. The molecule has 0 radical (unpaired) electrons. The predicted octanol–water partition coefficient (Wildman–Crippen LogP) is 2.49. The summed E-state index contributed by atoms with van der Waals surface area (Å²) in [7, 11) is 0. The van der Waals surface area contributed by atoms with Crippen LogP contribution in [0.15, 0.2) is 30.5 Å². The Hall–Kier alpha value is -2.41. The number of anilines is 1. The molecule has 1 aliphatic heterocycles. The van der Waals surface area contributed by atoms with Crippen LogP contribution < -0.4 is 15.5 Å². The van der Waals surface area contributed by atoms with E-state index < -0.39 is 0 Å². The van der Waals surface area contributed by atoms with Gasteiger partial charge in [-0.1, -0.05) is 6.07 Å². The number of aromatic nitrogens is 1. The van der Waals surface area contributed by atoms with E-state index in [1.165, 1.54) is 30.6 Å². The van der Waals surface area contributed by atoms with E-state index >= 15 is 0 Å². The van der Waals surface area contributed by atoms with Crippen molar-refractivity contribution in [3.8, 4) is 0 Å². The molecular formula is C19H24N4O2S. The Morgan fingerprint density at radius 2 is 1.92 bits per heavy atom. The molecular weight excluding hydrogens is 348 g/mol. The lowest BCUT2D eigenvalue weighted by atomic mass is 10.1. The van der Waals surface area contributed by atoms with Gasteiger partial charge in [0.2, 0.25) is 5.91 Å². The third kappa shape index (κ3) is 5.05. The van der Waals surface area contributed by atoms with Gasteiger partial charge in [-0.15, -0.1) is 11.3 Å². The van der Waals surface area contributed by atoms with E-state index in [2.05, 4.69) is 20.5 Å². The molecule has 0 spiro atoms. The van der Waals surface area contributed by atoms with Gasteiger partial charge in [0.1, 0.15) is 5.82 Å². The van der Waals surface area contributed by atoms with Crippen LogP contribution in [0.2, 0.25) is 0 Å². The predicted molar refractivity (Wildman–Crippen MR) is 104 cm³/mol. The van der Waals surface area contributed by atoms with E-state index in [-0.39, 0.29) is 18.4 Å². The number of rotatable bonds is 6. The highest BCUT2D eigenvalue weighted by atomic mass is 32.1. The lowest BCUT2D eigenvalue weighted by Gasteiger charge is -2.27. The maximum absolute atomic E-state index is 11.9. The summed E-state index contributed by atoms with van der Waals surface area (Å²) in [6.07, 6.45) is 5.53. The Morgan fingerprint density at radius 1 is 1.12 bits per heavy atom. The summed E-state index contributed by atoms with van der Waals surface area (Å²) in [6.45, 7) is 4.44. The molecule has 2 amide bonds. The summed E-state index contributed by atoms with van der Waals surface area (Å²) < 4.78 is 0. The van der Waals surface area contributed by atoms with E-state index in [1.54, 1.807) is 12.3 Å². The second-order valence-electron chi connectivity index (χ2n) is 6.44. The number of nitrogens with one attached hydrogen (secondary N) is 2. The summed E-state index contributed by atoms with van der Waals surface area (Å²) in [5.74, 6) is 0.566. The second kappa shape index (κ2) is 8.80. The molecule has 0 unspecified atom stereocenters. The molecule has 3 heterocycles. The largest absolute Gasteiger partial charge is 0.357 e. The fourth-order valence-electron chi connectivity index (χ4n) is 2.90. The van der Waals surface area contributed by atoms with Crippen molar-refractivity contribution in [3.63, 3.8) is 0 Å². The number of thiophene rings is 1. The maximum Gasteiger partial charge on any atom is 0.261 e. The first-order valence-corrected chi connectivity index (χ1v) is 9.75. The van der Waals surface area contributed by atoms with Crippen LogP contribution in [0.25, 0.3) is 0 Å². The molecule has 0 aliphatic carbocycles. The quantitative estimate of drug-likeness (QED) is 0.817. The van der Waals surface area contributed by atoms with E-state index in [4.69, 9.17) is 0 Å². The summed E-state index contributed by atoms with van der Waals surface area (Å²) in [6, 6.07) is 7.65. The summed E-state index contributed by atoms with van der Waals surface area (Å²) in [5, 5.41) is 5.44. The zero-order valence-corrected chi connectivity index (χ0v) is 15.8. The van der Waals surface area contributed by atoms with Crippen LogP contribution >= 0.6 is 11.3 Å². The number of aryl methyl sites for hydroxylation is 1. The summed E-state index contributed by atoms with van der Waals surface area (Å²) in [5.41, 5.74) is 0.944. The summed E-state index contributed by atoms with van der Waals surface area (Å²) >= 11 is 1.41. The van der Waals surface area contributed by atoms with Gasteiger partial charge >= 0.3 is 0 Å². The maximum atomic E-state index is 11.9. The Morgan fingerprint density at radius 3 is 2.58 bits per heavy atom. The minimum atomic E-state index is -0.217. The Kier molecular flexibility index (Phi) is 6.22. The van der Waals surface area contributed by atoms with Crippen molar-refractivity contribution in [2.75, 3.05) is 24.5 Å². The topological polar surface area (TPSA) is 74.3 Å². The van der Waals surface area contributed by atoms with Crippen LogP contribution in [0.1, 0.15) is 39.4 Å². The molecule has 26 heavy (non-hydrogen) atoms. The monoisotopic (exact) mass is 372 g/mol. The first kappa shape index (κ1) is 18.4. The number of pyridine rings is 1. The van der Waals surface area contributed by atoms with Crippen LogP contribution in [-0.2, 0) is 11.3 Å². The normalized spacial score (nSPS) is 14.1. The van der Waals surface area contributed by atoms with Crippen LogP contribution in [0.4, 0.5) is 5.82 Å².